The fraction of sp³-hybridized carbons (Fsp3) is 0.417. The fourth-order valence-corrected chi connectivity index (χ4v) is 4.15. The van der Waals surface area contributed by atoms with Gasteiger partial charge in [-0.3, -0.25) is 4.79 Å². The Morgan fingerprint density at radius 1 is 1.32 bits per heavy atom. The average Bonchev–Trinajstić information content (AvgIpc) is 2.35. The van der Waals surface area contributed by atoms with Crippen LogP contribution in [0.3, 0.4) is 0 Å². The average molecular weight is 397 g/mol. The van der Waals surface area contributed by atoms with Gasteiger partial charge in [0.25, 0.3) is 0 Å². The van der Waals surface area contributed by atoms with Gasteiger partial charge in [0.2, 0.25) is 10.0 Å². The number of rotatable bonds is 5. The molecule has 0 spiro atoms. The standard InChI is InChI=1S/C12H16INO4S/c1-8(2)11(12(15)18-3)14-19(16,17)10-7-5-4-6-9(10)13/h4-8,11,14H,1-3H3. The molecule has 0 bridgehead atoms. The lowest BCUT2D eigenvalue weighted by atomic mass is 10.1. The maximum atomic E-state index is 12.3. The molecule has 106 valence electrons. The molecule has 0 saturated heterocycles. The van der Waals surface area contributed by atoms with Gasteiger partial charge >= 0.3 is 5.97 Å². The number of halogens is 1. The Bertz CT molecular complexity index is 557. The van der Waals surface area contributed by atoms with E-state index in [2.05, 4.69) is 9.46 Å². The van der Waals surface area contributed by atoms with E-state index in [9.17, 15) is 13.2 Å². The van der Waals surface area contributed by atoms with Crippen molar-refractivity contribution in [2.75, 3.05) is 7.11 Å². The van der Waals surface area contributed by atoms with Gasteiger partial charge in [-0.05, 0) is 40.6 Å². The highest BCUT2D eigenvalue weighted by Crippen LogP contribution is 2.18. The molecule has 0 radical (unpaired) electrons. The number of ether oxygens (including phenoxy) is 1. The molecule has 1 N–H and O–H groups in total. The smallest absolute Gasteiger partial charge is 0.324 e. The van der Waals surface area contributed by atoms with Crippen molar-refractivity contribution < 1.29 is 17.9 Å². The molecule has 1 rings (SSSR count). The summed E-state index contributed by atoms with van der Waals surface area (Å²) in [7, 11) is -2.51. The van der Waals surface area contributed by atoms with Gasteiger partial charge in [0.05, 0.1) is 12.0 Å². The predicted octanol–water partition coefficient (Wildman–Crippen LogP) is 1.77. The van der Waals surface area contributed by atoms with E-state index in [0.717, 1.165) is 0 Å². The third-order valence-corrected chi connectivity index (χ3v) is 5.34. The SMILES string of the molecule is COC(=O)C(NS(=O)(=O)c1ccccc1I)C(C)C. The minimum atomic E-state index is -3.75. The van der Waals surface area contributed by atoms with Crippen LogP contribution in [0.15, 0.2) is 29.2 Å². The first-order chi connectivity index (χ1) is 8.79. The van der Waals surface area contributed by atoms with E-state index in [0.29, 0.717) is 3.57 Å². The number of carbonyl (C=O) groups excluding carboxylic acids is 1. The van der Waals surface area contributed by atoms with Gasteiger partial charge in [-0.2, -0.15) is 4.72 Å². The van der Waals surface area contributed by atoms with E-state index in [1.165, 1.54) is 13.2 Å². The molecule has 0 aliphatic rings. The van der Waals surface area contributed by atoms with Crippen LogP contribution in [0.2, 0.25) is 0 Å². The maximum absolute atomic E-state index is 12.3. The van der Waals surface area contributed by atoms with Gasteiger partial charge in [-0.15, -0.1) is 0 Å². The topological polar surface area (TPSA) is 72.5 Å². The highest BCUT2D eigenvalue weighted by molar-refractivity contribution is 14.1. The summed E-state index contributed by atoms with van der Waals surface area (Å²) in [6.07, 6.45) is 0. The Labute approximate surface area is 126 Å². The van der Waals surface area contributed by atoms with Crippen LogP contribution in [0, 0.1) is 9.49 Å². The molecule has 0 aliphatic carbocycles. The van der Waals surface area contributed by atoms with Crippen LogP contribution >= 0.6 is 22.6 Å². The third-order valence-electron chi connectivity index (χ3n) is 2.53. The molecule has 19 heavy (non-hydrogen) atoms. The van der Waals surface area contributed by atoms with Gasteiger partial charge < -0.3 is 4.74 Å². The number of benzene rings is 1. The number of hydrogen-bond donors (Lipinski definition) is 1. The molecule has 0 aliphatic heterocycles. The normalized spacial score (nSPS) is 13.3. The predicted molar refractivity (Wildman–Crippen MR) is 80.1 cm³/mol. The number of nitrogens with one attached hydrogen (secondary N) is 1. The minimum Gasteiger partial charge on any atom is -0.468 e. The van der Waals surface area contributed by atoms with E-state index in [4.69, 9.17) is 0 Å². The molecular formula is C12H16INO4S. The summed E-state index contributed by atoms with van der Waals surface area (Å²) in [4.78, 5) is 11.8. The zero-order chi connectivity index (χ0) is 14.6. The second kappa shape index (κ2) is 6.67. The van der Waals surface area contributed by atoms with Crippen molar-refractivity contribution in [3.63, 3.8) is 0 Å². The summed E-state index contributed by atoms with van der Waals surface area (Å²) in [6.45, 7) is 3.50. The summed E-state index contributed by atoms with van der Waals surface area (Å²) in [5.41, 5.74) is 0. The molecule has 0 amide bonds. The zero-order valence-electron chi connectivity index (χ0n) is 10.9. The highest BCUT2D eigenvalue weighted by Gasteiger charge is 2.29. The van der Waals surface area contributed by atoms with Crippen LogP contribution in [-0.4, -0.2) is 27.5 Å². The van der Waals surface area contributed by atoms with E-state index in [1.807, 2.05) is 22.6 Å². The largest absolute Gasteiger partial charge is 0.468 e. The summed E-state index contributed by atoms with van der Waals surface area (Å²) in [5, 5.41) is 0. The van der Waals surface area contributed by atoms with Crippen molar-refractivity contribution >= 4 is 38.6 Å². The molecule has 5 nitrogen and oxygen atoms in total. The summed E-state index contributed by atoms with van der Waals surface area (Å²) in [6, 6.07) is 5.68. The molecule has 1 aromatic rings. The third kappa shape index (κ3) is 4.15. The lowest BCUT2D eigenvalue weighted by Gasteiger charge is -2.20. The molecule has 1 atom stereocenters. The van der Waals surface area contributed by atoms with Crippen molar-refractivity contribution in [3.8, 4) is 0 Å². The summed E-state index contributed by atoms with van der Waals surface area (Å²) >= 11 is 1.94. The van der Waals surface area contributed by atoms with Crippen LogP contribution in [0.4, 0.5) is 0 Å². The van der Waals surface area contributed by atoms with E-state index >= 15 is 0 Å². The van der Waals surface area contributed by atoms with Gasteiger partial charge in [0, 0.05) is 3.57 Å². The molecule has 1 aromatic carbocycles. The van der Waals surface area contributed by atoms with Crippen LogP contribution in [0.25, 0.3) is 0 Å². The first kappa shape index (κ1) is 16.4. The van der Waals surface area contributed by atoms with Crippen LogP contribution in [0.1, 0.15) is 13.8 Å². The van der Waals surface area contributed by atoms with Crippen molar-refractivity contribution in [3.05, 3.63) is 27.8 Å². The first-order valence-corrected chi connectivity index (χ1v) is 8.20. The van der Waals surface area contributed by atoms with E-state index in [1.54, 1.807) is 32.0 Å². The fourth-order valence-electron chi connectivity index (χ4n) is 1.48. The molecule has 0 heterocycles. The number of carbonyl (C=O) groups is 1. The lowest BCUT2D eigenvalue weighted by molar-refractivity contribution is -0.143. The molecule has 1 unspecified atom stereocenters. The van der Waals surface area contributed by atoms with E-state index < -0.39 is 22.0 Å². The Balaban J connectivity index is 3.08. The highest BCUT2D eigenvalue weighted by atomic mass is 127. The lowest BCUT2D eigenvalue weighted by Crippen LogP contribution is -2.45. The van der Waals surface area contributed by atoms with Gasteiger partial charge in [0.15, 0.2) is 0 Å². The Morgan fingerprint density at radius 2 is 1.89 bits per heavy atom. The van der Waals surface area contributed by atoms with Gasteiger partial charge in [-0.25, -0.2) is 8.42 Å². The maximum Gasteiger partial charge on any atom is 0.324 e. The molecule has 0 fully saturated rings. The molecule has 0 aromatic heterocycles. The van der Waals surface area contributed by atoms with Crippen molar-refractivity contribution in [1.82, 2.24) is 4.72 Å². The Kier molecular flexibility index (Phi) is 5.75. The first-order valence-electron chi connectivity index (χ1n) is 5.64. The number of hydrogen-bond acceptors (Lipinski definition) is 4. The quantitative estimate of drug-likeness (QED) is 0.607. The zero-order valence-corrected chi connectivity index (χ0v) is 13.9. The van der Waals surface area contributed by atoms with Crippen LogP contribution in [0.5, 0.6) is 0 Å². The van der Waals surface area contributed by atoms with Gasteiger partial charge in [-0.1, -0.05) is 26.0 Å². The molecular weight excluding hydrogens is 381 g/mol. The number of esters is 1. The van der Waals surface area contributed by atoms with Crippen LogP contribution < -0.4 is 4.72 Å². The molecule has 0 saturated carbocycles. The number of methoxy groups -OCH3 is 1. The van der Waals surface area contributed by atoms with Crippen LogP contribution in [-0.2, 0) is 19.6 Å². The second-order valence-corrected chi connectivity index (χ2v) is 7.14. The van der Waals surface area contributed by atoms with Crippen molar-refractivity contribution in [2.24, 2.45) is 5.92 Å². The number of sulfonamides is 1. The summed E-state index contributed by atoms with van der Waals surface area (Å²) in [5.74, 6) is -0.798. The van der Waals surface area contributed by atoms with Crippen molar-refractivity contribution in [1.29, 1.82) is 0 Å². The van der Waals surface area contributed by atoms with Gasteiger partial charge in [0.1, 0.15) is 6.04 Å². The minimum absolute atomic E-state index is 0.158. The Morgan fingerprint density at radius 3 is 2.37 bits per heavy atom. The van der Waals surface area contributed by atoms with E-state index in [-0.39, 0.29) is 10.8 Å². The summed E-state index contributed by atoms with van der Waals surface area (Å²) < 4.78 is 32.1. The second-order valence-electron chi connectivity index (χ2n) is 4.30. The monoisotopic (exact) mass is 397 g/mol. The van der Waals surface area contributed by atoms with Crippen molar-refractivity contribution in [2.45, 2.75) is 24.8 Å². The molecule has 7 heteroatoms. The Hall–Kier alpha value is -0.670.